The number of hydrogen-bond donors (Lipinski definition) is 1. The van der Waals surface area contributed by atoms with Crippen molar-refractivity contribution >= 4 is 0 Å². The van der Waals surface area contributed by atoms with Crippen LogP contribution in [0.4, 0.5) is 0 Å². The van der Waals surface area contributed by atoms with Gasteiger partial charge in [0.2, 0.25) is 0 Å². The molecule has 0 aliphatic heterocycles. The number of nitrogens with one attached hydrogen (secondary N) is 1. The Balaban J connectivity index is 2.51. The first-order valence-corrected chi connectivity index (χ1v) is 4.87. The predicted octanol–water partition coefficient (Wildman–Crippen LogP) is 1.28. The molecule has 1 heterocycles. The van der Waals surface area contributed by atoms with Crippen LogP contribution >= 0.6 is 0 Å². The lowest BCUT2D eigenvalue weighted by Gasteiger charge is -2.19. The van der Waals surface area contributed by atoms with E-state index < -0.39 is 0 Å². The molecule has 0 unspecified atom stereocenters. The highest BCUT2D eigenvalue weighted by atomic mass is 16.5. The molecule has 0 atom stereocenters. The van der Waals surface area contributed by atoms with Crippen molar-refractivity contribution in [2.24, 2.45) is 0 Å². The van der Waals surface area contributed by atoms with Gasteiger partial charge in [-0.15, -0.1) is 0 Å². The van der Waals surface area contributed by atoms with E-state index >= 15 is 0 Å². The summed E-state index contributed by atoms with van der Waals surface area (Å²) in [5.41, 5.74) is -0.156. The fourth-order valence-electron chi connectivity index (χ4n) is 1.10. The van der Waals surface area contributed by atoms with Crippen LogP contribution in [0.3, 0.4) is 0 Å². The summed E-state index contributed by atoms with van der Waals surface area (Å²) in [6, 6.07) is 0. The molecule has 1 rings (SSSR count). The molecule has 0 aliphatic carbocycles. The monoisotopic (exact) mass is 197 g/mol. The maximum Gasteiger partial charge on any atom is 0.157 e. The Hall–Kier alpha value is -1.03. The summed E-state index contributed by atoms with van der Waals surface area (Å²) >= 11 is 0. The first kappa shape index (κ1) is 11.0. The van der Waals surface area contributed by atoms with Gasteiger partial charge in [0.15, 0.2) is 5.75 Å². The first-order chi connectivity index (χ1) is 6.51. The summed E-state index contributed by atoms with van der Waals surface area (Å²) in [4.78, 5) is 0. The molecule has 0 aliphatic rings. The summed E-state index contributed by atoms with van der Waals surface area (Å²) in [6.07, 6.45) is 3.67. The van der Waals surface area contributed by atoms with E-state index in [1.807, 2.05) is 38.7 Å². The number of ether oxygens (including phenoxy) is 1. The SMILES string of the molecule is CNCCn1cc(OC(C)(C)C)cn1. The second kappa shape index (κ2) is 4.46. The molecule has 1 aromatic rings. The lowest BCUT2D eigenvalue weighted by atomic mass is 10.2. The van der Waals surface area contributed by atoms with Crippen molar-refractivity contribution in [3.63, 3.8) is 0 Å². The smallest absolute Gasteiger partial charge is 0.157 e. The highest BCUT2D eigenvalue weighted by Crippen LogP contribution is 2.16. The van der Waals surface area contributed by atoms with Crippen LogP contribution in [-0.4, -0.2) is 29.0 Å². The highest BCUT2D eigenvalue weighted by molar-refractivity contribution is 5.12. The van der Waals surface area contributed by atoms with Crippen LogP contribution in [-0.2, 0) is 6.54 Å². The van der Waals surface area contributed by atoms with E-state index in [2.05, 4.69) is 10.4 Å². The number of rotatable bonds is 4. The Morgan fingerprint density at radius 2 is 2.21 bits per heavy atom. The van der Waals surface area contributed by atoms with Gasteiger partial charge in [0.1, 0.15) is 5.60 Å². The van der Waals surface area contributed by atoms with Gasteiger partial charge in [-0.25, -0.2) is 0 Å². The molecule has 0 fully saturated rings. The Kier molecular flexibility index (Phi) is 3.52. The molecule has 4 heteroatoms. The maximum absolute atomic E-state index is 5.66. The Morgan fingerprint density at radius 3 is 2.79 bits per heavy atom. The summed E-state index contributed by atoms with van der Waals surface area (Å²) < 4.78 is 7.53. The molecule has 4 nitrogen and oxygen atoms in total. The summed E-state index contributed by atoms with van der Waals surface area (Å²) in [5.74, 6) is 0.827. The fraction of sp³-hybridized carbons (Fsp3) is 0.700. The number of nitrogens with zero attached hydrogens (tertiary/aromatic N) is 2. The summed E-state index contributed by atoms with van der Waals surface area (Å²) in [7, 11) is 1.93. The number of aromatic nitrogens is 2. The van der Waals surface area contributed by atoms with Crippen molar-refractivity contribution < 1.29 is 4.74 Å². The summed E-state index contributed by atoms with van der Waals surface area (Å²) in [5, 5.41) is 7.26. The van der Waals surface area contributed by atoms with Gasteiger partial charge in [0, 0.05) is 6.54 Å². The Labute approximate surface area is 85.3 Å². The van der Waals surface area contributed by atoms with E-state index in [0.717, 1.165) is 18.8 Å². The van der Waals surface area contributed by atoms with Crippen molar-refractivity contribution in [1.82, 2.24) is 15.1 Å². The first-order valence-electron chi connectivity index (χ1n) is 4.87. The Morgan fingerprint density at radius 1 is 1.50 bits per heavy atom. The van der Waals surface area contributed by atoms with Gasteiger partial charge in [-0.05, 0) is 27.8 Å². The molecule has 80 valence electrons. The summed E-state index contributed by atoms with van der Waals surface area (Å²) in [6.45, 7) is 7.86. The molecule has 14 heavy (non-hydrogen) atoms. The van der Waals surface area contributed by atoms with Gasteiger partial charge >= 0.3 is 0 Å². The van der Waals surface area contributed by atoms with E-state index in [4.69, 9.17) is 4.74 Å². The average molecular weight is 197 g/mol. The normalized spacial score (nSPS) is 11.7. The van der Waals surface area contributed by atoms with Crippen LogP contribution in [0.25, 0.3) is 0 Å². The van der Waals surface area contributed by atoms with Crippen molar-refractivity contribution in [2.75, 3.05) is 13.6 Å². The molecule has 1 N–H and O–H groups in total. The second-order valence-corrected chi connectivity index (χ2v) is 4.26. The fourth-order valence-corrected chi connectivity index (χ4v) is 1.10. The maximum atomic E-state index is 5.66. The van der Waals surface area contributed by atoms with E-state index in [9.17, 15) is 0 Å². The molecule has 1 aromatic heterocycles. The third kappa shape index (κ3) is 3.79. The van der Waals surface area contributed by atoms with Crippen molar-refractivity contribution in [3.8, 4) is 5.75 Å². The minimum Gasteiger partial charge on any atom is -0.485 e. The lowest BCUT2D eigenvalue weighted by molar-refractivity contribution is 0.131. The third-order valence-electron chi connectivity index (χ3n) is 1.62. The molecule has 0 radical (unpaired) electrons. The zero-order valence-corrected chi connectivity index (χ0v) is 9.37. The van der Waals surface area contributed by atoms with Crippen molar-refractivity contribution in [2.45, 2.75) is 32.9 Å². The molecule has 0 bridgehead atoms. The Bertz CT molecular complexity index is 275. The van der Waals surface area contributed by atoms with Crippen molar-refractivity contribution in [1.29, 1.82) is 0 Å². The van der Waals surface area contributed by atoms with Gasteiger partial charge in [0.05, 0.1) is 18.9 Å². The van der Waals surface area contributed by atoms with Crippen LogP contribution in [0.5, 0.6) is 5.75 Å². The van der Waals surface area contributed by atoms with Crippen molar-refractivity contribution in [3.05, 3.63) is 12.4 Å². The largest absolute Gasteiger partial charge is 0.485 e. The van der Waals surface area contributed by atoms with Crippen LogP contribution in [0.2, 0.25) is 0 Å². The zero-order chi connectivity index (χ0) is 10.6. The second-order valence-electron chi connectivity index (χ2n) is 4.26. The van der Waals surface area contributed by atoms with Gasteiger partial charge in [-0.1, -0.05) is 0 Å². The van der Waals surface area contributed by atoms with Crippen LogP contribution in [0.15, 0.2) is 12.4 Å². The lowest BCUT2D eigenvalue weighted by Crippen LogP contribution is -2.22. The molecular weight excluding hydrogens is 178 g/mol. The molecule has 0 spiro atoms. The highest BCUT2D eigenvalue weighted by Gasteiger charge is 2.12. The minimum absolute atomic E-state index is 0.156. The zero-order valence-electron chi connectivity index (χ0n) is 9.37. The van der Waals surface area contributed by atoms with E-state index in [1.54, 1.807) is 6.20 Å². The topological polar surface area (TPSA) is 39.1 Å². The van der Waals surface area contributed by atoms with Gasteiger partial charge in [0.25, 0.3) is 0 Å². The molecule has 0 saturated heterocycles. The number of likely N-dealkylation sites (N-methyl/N-ethyl adjacent to an activating group) is 1. The molecule has 0 aromatic carbocycles. The van der Waals surface area contributed by atoms with Crippen LogP contribution in [0, 0.1) is 0 Å². The van der Waals surface area contributed by atoms with Gasteiger partial charge in [-0.3, -0.25) is 4.68 Å². The average Bonchev–Trinajstić information content (AvgIpc) is 2.46. The molecule has 0 saturated carbocycles. The van der Waals surface area contributed by atoms with E-state index in [-0.39, 0.29) is 5.60 Å². The van der Waals surface area contributed by atoms with Crippen LogP contribution < -0.4 is 10.1 Å². The van der Waals surface area contributed by atoms with Crippen LogP contribution in [0.1, 0.15) is 20.8 Å². The minimum atomic E-state index is -0.156. The van der Waals surface area contributed by atoms with E-state index in [1.165, 1.54) is 0 Å². The molecular formula is C10H19N3O. The van der Waals surface area contributed by atoms with Gasteiger partial charge in [-0.2, -0.15) is 5.10 Å². The van der Waals surface area contributed by atoms with Gasteiger partial charge < -0.3 is 10.1 Å². The molecule has 0 amide bonds. The van der Waals surface area contributed by atoms with E-state index in [0.29, 0.717) is 0 Å². The predicted molar refractivity (Wildman–Crippen MR) is 56.5 cm³/mol. The number of hydrogen-bond acceptors (Lipinski definition) is 3. The quantitative estimate of drug-likeness (QED) is 0.790. The standard InChI is InChI=1S/C10H19N3O/c1-10(2,3)14-9-7-12-13(8-9)6-5-11-4/h7-8,11H,5-6H2,1-4H3. The third-order valence-corrected chi connectivity index (χ3v) is 1.62.